The summed E-state index contributed by atoms with van der Waals surface area (Å²) < 4.78 is 0. The van der Waals surface area contributed by atoms with Crippen molar-refractivity contribution >= 4 is 22.7 Å². The van der Waals surface area contributed by atoms with E-state index in [1.54, 1.807) is 23.5 Å². The van der Waals surface area contributed by atoms with E-state index < -0.39 is 0 Å². The summed E-state index contributed by atoms with van der Waals surface area (Å²) in [6.45, 7) is 0. The van der Waals surface area contributed by atoms with E-state index >= 15 is 0 Å². The number of nitriles is 2. The molecule has 0 atom stereocenters. The highest BCUT2D eigenvalue weighted by molar-refractivity contribution is 7.08. The van der Waals surface area contributed by atoms with Crippen molar-refractivity contribution in [3.63, 3.8) is 0 Å². The molecular weight excluding hydrogens is 244 g/mol. The van der Waals surface area contributed by atoms with E-state index in [9.17, 15) is 0 Å². The fourth-order valence-corrected chi connectivity index (χ4v) is 2.03. The molecule has 2 aromatic rings. The maximum absolute atomic E-state index is 8.53. The molecule has 0 fully saturated rings. The van der Waals surface area contributed by atoms with Crippen LogP contribution in [0.15, 0.2) is 46.2 Å². The monoisotopic (exact) mass is 252 g/mol. The molecule has 1 N–H and O–H groups in total. The van der Waals surface area contributed by atoms with Crippen LogP contribution in [0.5, 0.6) is 0 Å². The third-order valence-electron chi connectivity index (χ3n) is 2.25. The van der Waals surface area contributed by atoms with Crippen LogP contribution < -0.4 is 5.43 Å². The molecule has 0 aliphatic rings. The Morgan fingerprint density at radius 2 is 1.78 bits per heavy atom. The standard InChI is InChI=1S/C13H8N4S/c14-7-13(8-15)17-16-12-3-1-10(2-4-12)11-5-6-18-9-11/h1-6,9,16H. The van der Waals surface area contributed by atoms with Gasteiger partial charge in [0, 0.05) is 0 Å². The Hall–Kier alpha value is -2.63. The summed E-state index contributed by atoms with van der Waals surface area (Å²) in [4.78, 5) is 0. The summed E-state index contributed by atoms with van der Waals surface area (Å²) in [6.07, 6.45) is 0. The van der Waals surface area contributed by atoms with E-state index in [1.807, 2.05) is 29.6 Å². The zero-order chi connectivity index (χ0) is 12.8. The Kier molecular flexibility index (Phi) is 3.70. The van der Waals surface area contributed by atoms with Crippen LogP contribution in [0.4, 0.5) is 5.69 Å². The fourth-order valence-electron chi connectivity index (χ4n) is 1.36. The van der Waals surface area contributed by atoms with Gasteiger partial charge in [-0.25, -0.2) is 0 Å². The summed E-state index contributed by atoms with van der Waals surface area (Å²) in [5, 5.41) is 24.8. The predicted molar refractivity (Wildman–Crippen MR) is 72.0 cm³/mol. The van der Waals surface area contributed by atoms with Crippen molar-refractivity contribution in [3.8, 4) is 23.3 Å². The minimum atomic E-state index is -0.197. The molecule has 0 radical (unpaired) electrons. The summed E-state index contributed by atoms with van der Waals surface area (Å²) in [7, 11) is 0. The second-order valence-electron chi connectivity index (χ2n) is 3.39. The largest absolute Gasteiger partial charge is 0.277 e. The van der Waals surface area contributed by atoms with Gasteiger partial charge < -0.3 is 0 Å². The second kappa shape index (κ2) is 5.62. The first-order valence-corrected chi connectivity index (χ1v) is 6.04. The summed E-state index contributed by atoms with van der Waals surface area (Å²) in [6, 6.07) is 13.0. The zero-order valence-corrected chi connectivity index (χ0v) is 10.1. The maximum Gasteiger partial charge on any atom is 0.237 e. The molecule has 0 saturated carbocycles. The van der Waals surface area contributed by atoms with Gasteiger partial charge in [-0.05, 0) is 40.1 Å². The third kappa shape index (κ3) is 2.73. The molecular formula is C13H8N4S. The van der Waals surface area contributed by atoms with Gasteiger partial charge in [0.25, 0.3) is 0 Å². The van der Waals surface area contributed by atoms with Gasteiger partial charge in [0.05, 0.1) is 5.69 Å². The number of hydrogen-bond donors (Lipinski definition) is 1. The van der Waals surface area contributed by atoms with Crippen molar-refractivity contribution in [1.82, 2.24) is 0 Å². The van der Waals surface area contributed by atoms with Gasteiger partial charge >= 0.3 is 0 Å². The Bertz CT molecular complexity index is 611. The number of hydrazone groups is 1. The molecule has 1 aromatic carbocycles. The molecule has 18 heavy (non-hydrogen) atoms. The van der Waals surface area contributed by atoms with Crippen molar-refractivity contribution in [2.75, 3.05) is 5.43 Å². The number of hydrogen-bond acceptors (Lipinski definition) is 5. The molecule has 0 unspecified atom stereocenters. The molecule has 0 spiro atoms. The van der Waals surface area contributed by atoms with E-state index in [4.69, 9.17) is 10.5 Å². The average Bonchev–Trinajstić information content (AvgIpc) is 2.94. The second-order valence-corrected chi connectivity index (χ2v) is 4.17. The van der Waals surface area contributed by atoms with E-state index in [-0.39, 0.29) is 5.71 Å². The van der Waals surface area contributed by atoms with Gasteiger partial charge in [-0.3, -0.25) is 5.43 Å². The van der Waals surface area contributed by atoms with Gasteiger partial charge in [0.1, 0.15) is 12.1 Å². The van der Waals surface area contributed by atoms with E-state index in [1.165, 1.54) is 5.56 Å². The molecule has 4 nitrogen and oxygen atoms in total. The Morgan fingerprint density at radius 1 is 1.06 bits per heavy atom. The van der Waals surface area contributed by atoms with E-state index in [0.717, 1.165) is 11.3 Å². The van der Waals surface area contributed by atoms with Crippen molar-refractivity contribution < 1.29 is 0 Å². The molecule has 0 aliphatic heterocycles. The molecule has 5 heteroatoms. The van der Waals surface area contributed by atoms with Crippen LogP contribution in [0.3, 0.4) is 0 Å². The van der Waals surface area contributed by atoms with Gasteiger partial charge in [0.15, 0.2) is 0 Å². The van der Waals surface area contributed by atoms with Crippen LogP contribution in [-0.4, -0.2) is 5.71 Å². The van der Waals surface area contributed by atoms with Crippen molar-refractivity contribution in [2.45, 2.75) is 0 Å². The SMILES string of the molecule is N#CC(C#N)=NNc1ccc(-c2ccsc2)cc1. The summed E-state index contributed by atoms with van der Waals surface area (Å²) in [5.41, 5.74) is 5.49. The molecule has 0 saturated heterocycles. The number of rotatable bonds is 3. The summed E-state index contributed by atoms with van der Waals surface area (Å²) >= 11 is 1.65. The van der Waals surface area contributed by atoms with Crippen LogP contribution in [0.2, 0.25) is 0 Å². The highest BCUT2D eigenvalue weighted by Gasteiger charge is 1.98. The van der Waals surface area contributed by atoms with E-state index in [0.29, 0.717) is 0 Å². The lowest BCUT2D eigenvalue weighted by atomic mass is 10.1. The third-order valence-corrected chi connectivity index (χ3v) is 2.93. The topological polar surface area (TPSA) is 72.0 Å². The molecule has 0 amide bonds. The summed E-state index contributed by atoms with van der Waals surface area (Å²) in [5.74, 6) is 0. The number of anilines is 1. The zero-order valence-electron chi connectivity index (χ0n) is 9.29. The van der Waals surface area contributed by atoms with Gasteiger partial charge in [-0.1, -0.05) is 12.1 Å². The molecule has 1 heterocycles. The van der Waals surface area contributed by atoms with Crippen LogP contribution in [0.1, 0.15) is 0 Å². The van der Waals surface area contributed by atoms with Crippen LogP contribution in [0, 0.1) is 22.7 Å². The van der Waals surface area contributed by atoms with Gasteiger partial charge in [-0.15, -0.1) is 0 Å². The van der Waals surface area contributed by atoms with Gasteiger partial charge in [-0.2, -0.15) is 27.0 Å². The molecule has 86 valence electrons. The van der Waals surface area contributed by atoms with E-state index in [2.05, 4.69) is 22.0 Å². The first-order chi connectivity index (χ1) is 8.83. The Labute approximate surface area is 108 Å². The Balaban J connectivity index is 2.12. The number of thiophene rings is 1. The van der Waals surface area contributed by atoms with Crippen molar-refractivity contribution in [2.24, 2.45) is 5.10 Å². The van der Waals surface area contributed by atoms with Crippen LogP contribution in [0.25, 0.3) is 11.1 Å². The highest BCUT2D eigenvalue weighted by atomic mass is 32.1. The normalized spacial score (nSPS) is 9.00. The average molecular weight is 252 g/mol. The van der Waals surface area contributed by atoms with Crippen LogP contribution in [-0.2, 0) is 0 Å². The minimum Gasteiger partial charge on any atom is -0.277 e. The molecule has 0 bridgehead atoms. The molecule has 0 aliphatic carbocycles. The number of nitrogens with zero attached hydrogens (tertiary/aromatic N) is 3. The lowest BCUT2D eigenvalue weighted by molar-refractivity contribution is 1.34. The molecule has 1 aromatic heterocycles. The van der Waals surface area contributed by atoms with Crippen LogP contribution >= 0.6 is 11.3 Å². The quantitative estimate of drug-likeness (QED) is 0.673. The van der Waals surface area contributed by atoms with Crippen molar-refractivity contribution in [3.05, 3.63) is 41.1 Å². The number of nitrogens with one attached hydrogen (secondary N) is 1. The first-order valence-electron chi connectivity index (χ1n) is 5.10. The lowest BCUT2D eigenvalue weighted by Crippen LogP contribution is -1.95. The maximum atomic E-state index is 8.53. The fraction of sp³-hybridized carbons (Fsp3) is 0. The smallest absolute Gasteiger partial charge is 0.237 e. The predicted octanol–water partition coefficient (Wildman–Crippen LogP) is 3.23. The Morgan fingerprint density at radius 3 is 2.33 bits per heavy atom. The van der Waals surface area contributed by atoms with Gasteiger partial charge in [0.2, 0.25) is 5.71 Å². The minimum absolute atomic E-state index is 0.197. The lowest BCUT2D eigenvalue weighted by Gasteiger charge is -2.01. The molecule has 2 rings (SSSR count). The number of benzene rings is 1. The first kappa shape index (κ1) is 11.8. The highest BCUT2D eigenvalue weighted by Crippen LogP contribution is 2.23. The van der Waals surface area contributed by atoms with Crippen molar-refractivity contribution in [1.29, 1.82) is 10.5 Å².